The number of carbonyl (C=O) groups excluding carboxylic acids is 1. The molecule has 1 heterocycles. The van der Waals surface area contributed by atoms with Crippen LogP contribution >= 0.6 is 11.8 Å². The lowest BCUT2D eigenvalue weighted by atomic mass is 10.3. The minimum atomic E-state index is -3.33. The van der Waals surface area contributed by atoms with Gasteiger partial charge in [0.05, 0.1) is 12.3 Å². The van der Waals surface area contributed by atoms with Gasteiger partial charge in [-0.2, -0.15) is 11.8 Å². The minimum absolute atomic E-state index is 0.0759. The van der Waals surface area contributed by atoms with E-state index in [0.717, 1.165) is 12.2 Å². The van der Waals surface area contributed by atoms with Crippen molar-refractivity contribution in [3.63, 3.8) is 0 Å². The summed E-state index contributed by atoms with van der Waals surface area (Å²) in [5.74, 6) is 0.841. The molecule has 1 rings (SSSR count). The Morgan fingerprint density at radius 2 is 2.28 bits per heavy atom. The first-order chi connectivity index (χ1) is 8.44. The molecule has 1 N–H and O–H groups in total. The van der Waals surface area contributed by atoms with E-state index >= 15 is 0 Å². The number of hydrogen-bond acceptors (Lipinski definition) is 5. The molecule has 1 fully saturated rings. The maximum Gasteiger partial charge on any atom is 0.409 e. The molecule has 0 spiro atoms. The molecule has 1 saturated heterocycles. The first kappa shape index (κ1) is 15.6. The second-order valence-corrected chi connectivity index (χ2v) is 7.08. The fourth-order valence-electron chi connectivity index (χ4n) is 1.58. The summed E-state index contributed by atoms with van der Waals surface area (Å²) in [7, 11) is -3.33. The van der Waals surface area contributed by atoms with E-state index in [2.05, 4.69) is 4.72 Å². The summed E-state index contributed by atoms with van der Waals surface area (Å²) in [6.07, 6.45) is 2.35. The molecule has 0 radical (unpaired) electrons. The molecule has 106 valence electrons. The van der Waals surface area contributed by atoms with Gasteiger partial charge in [-0.1, -0.05) is 0 Å². The maximum atomic E-state index is 11.8. The van der Waals surface area contributed by atoms with E-state index in [9.17, 15) is 13.2 Å². The minimum Gasteiger partial charge on any atom is -0.448 e. The van der Waals surface area contributed by atoms with Gasteiger partial charge in [-0.15, -0.1) is 0 Å². The second-order valence-electron chi connectivity index (χ2n) is 4.22. The average molecular weight is 296 g/mol. The Hall–Kier alpha value is -0.470. The van der Waals surface area contributed by atoms with Gasteiger partial charge in [-0.3, -0.25) is 0 Å². The molecule has 0 aromatic carbocycles. The fraction of sp³-hybridized carbons (Fsp3) is 0.900. The topological polar surface area (TPSA) is 75.7 Å². The highest BCUT2D eigenvalue weighted by Crippen LogP contribution is 2.05. The Morgan fingerprint density at radius 1 is 1.56 bits per heavy atom. The standard InChI is InChI=1S/C10H20N2O4S2/c1-9(3-7-17-2)11-18(14,15)8-5-12-4-6-16-10(12)13/h9,11H,3-8H2,1-2H3. The highest BCUT2D eigenvalue weighted by Gasteiger charge is 2.24. The smallest absolute Gasteiger partial charge is 0.409 e. The summed E-state index contributed by atoms with van der Waals surface area (Å²) in [4.78, 5) is 12.5. The van der Waals surface area contributed by atoms with Crippen molar-refractivity contribution in [2.45, 2.75) is 19.4 Å². The molecule has 6 nitrogen and oxygen atoms in total. The van der Waals surface area contributed by atoms with Gasteiger partial charge in [-0.05, 0) is 25.4 Å². The van der Waals surface area contributed by atoms with Crippen LogP contribution in [-0.2, 0) is 14.8 Å². The summed E-state index contributed by atoms with van der Waals surface area (Å²) >= 11 is 1.69. The molecule has 1 amide bonds. The molecule has 18 heavy (non-hydrogen) atoms. The molecule has 0 aromatic rings. The largest absolute Gasteiger partial charge is 0.448 e. The third-order valence-electron chi connectivity index (χ3n) is 2.61. The summed E-state index contributed by atoms with van der Waals surface area (Å²) in [5.41, 5.74) is 0. The van der Waals surface area contributed by atoms with E-state index in [0.29, 0.717) is 13.2 Å². The van der Waals surface area contributed by atoms with Crippen LogP contribution in [0.15, 0.2) is 0 Å². The molecule has 8 heteroatoms. The van der Waals surface area contributed by atoms with Crippen molar-refractivity contribution in [2.24, 2.45) is 0 Å². The summed E-state index contributed by atoms with van der Waals surface area (Å²) in [6, 6.07) is -0.0759. The van der Waals surface area contributed by atoms with Crippen LogP contribution in [0.2, 0.25) is 0 Å². The van der Waals surface area contributed by atoms with Crippen molar-refractivity contribution in [3.05, 3.63) is 0 Å². The Morgan fingerprint density at radius 3 is 2.83 bits per heavy atom. The number of nitrogens with zero attached hydrogens (tertiary/aromatic N) is 1. The lowest BCUT2D eigenvalue weighted by Crippen LogP contribution is -2.39. The molecular weight excluding hydrogens is 276 g/mol. The van der Waals surface area contributed by atoms with Gasteiger partial charge in [0.2, 0.25) is 10.0 Å². The van der Waals surface area contributed by atoms with Crippen LogP contribution < -0.4 is 4.72 Å². The zero-order valence-corrected chi connectivity index (χ0v) is 12.3. The van der Waals surface area contributed by atoms with Gasteiger partial charge >= 0.3 is 6.09 Å². The Labute approximate surface area is 112 Å². The fourth-order valence-corrected chi connectivity index (χ4v) is 3.48. The van der Waals surface area contributed by atoms with Crippen molar-refractivity contribution >= 4 is 27.9 Å². The molecule has 1 atom stereocenters. The maximum absolute atomic E-state index is 11.8. The van der Waals surface area contributed by atoms with E-state index in [1.807, 2.05) is 13.2 Å². The molecule has 0 aromatic heterocycles. The number of sulfonamides is 1. The molecule has 0 aliphatic carbocycles. The molecular formula is C10H20N2O4S2. The number of thioether (sulfide) groups is 1. The number of hydrogen-bond donors (Lipinski definition) is 1. The highest BCUT2D eigenvalue weighted by molar-refractivity contribution is 7.98. The second kappa shape index (κ2) is 7.20. The number of rotatable bonds is 8. The van der Waals surface area contributed by atoms with Crippen LogP contribution in [0.3, 0.4) is 0 Å². The normalized spacial score (nSPS) is 17.9. The van der Waals surface area contributed by atoms with E-state index in [4.69, 9.17) is 4.74 Å². The number of nitrogens with one attached hydrogen (secondary N) is 1. The van der Waals surface area contributed by atoms with Crippen LogP contribution in [0.25, 0.3) is 0 Å². The zero-order chi connectivity index (χ0) is 13.6. The summed E-state index contributed by atoms with van der Waals surface area (Å²) in [5, 5.41) is 0. The van der Waals surface area contributed by atoms with E-state index in [1.54, 1.807) is 11.8 Å². The summed E-state index contributed by atoms with van der Waals surface area (Å²) < 4.78 is 30.9. The molecule has 0 saturated carbocycles. The number of ether oxygens (including phenoxy) is 1. The van der Waals surface area contributed by atoms with E-state index in [-0.39, 0.29) is 18.3 Å². The van der Waals surface area contributed by atoms with Crippen molar-refractivity contribution in [1.82, 2.24) is 9.62 Å². The number of cyclic esters (lactones) is 1. The van der Waals surface area contributed by atoms with Crippen LogP contribution in [0.4, 0.5) is 4.79 Å². The van der Waals surface area contributed by atoms with Crippen LogP contribution in [0, 0.1) is 0 Å². The van der Waals surface area contributed by atoms with Crippen LogP contribution in [0.5, 0.6) is 0 Å². The van der Waals surface area contributed by atoms with Gasteiger partial charge in [0.1, 0.15) is 6.61 Å². The lowest BCUT2D eigenvalue weighted by Gasteiger charge is -2.16. The Bertz CT molecular complexity index is 372. The third kappa shape index (κ3) is 5.45. The van der Waals surface area contributed by atoms with Crippen LogP contribution in [0.1, 0.15) is 13.3 Å². The third-order valence-corrected chi connectivity index (χ3v) is 4.74. The SMILES string of the molecule is CSCCC(C)NS(=O)(=O)CCN1CCOC1=O. The Balaban J connectivity index is 2.32. The predicted molar refractivity (Wildman–Crippen MR) is 72.3 cm³/mol. The highest BCUT2D eigenvalue weighted by atomic mass is 32.2. The number of carbonyl (C=O) groups is 1. The first-order valence-electron chi connectivity index (χ1n) is 5.85. The zero-order valence-electron chi connectivity index (χ0n) is 10.7. The van der Waals surface area contributed by atoms with Crippen molar-refractivity contribution in [2.75, 3.05) is 37.5 Å². The van der Waals surface area contributed by atoms with Gasteiger partial charge in [-0.25, -0.2) is 17.9 Å². The van der Waals surface area contributed by atoms with Crippen molar-refractivity contribution < 1.29 is 17.9 Å². The van der Waals surface area contributed by atoms with Gasteiger partial charge < -0.3 is 9.64 Å². The summed E-state index contributed by atoms with van der Waals surface area (Å²) in [6.45, 7) is 2.84. The molecule has 1 aliphatic rings. The number of amides is 1. The Kier molecular flexibility index (Phi) is 6.24. The van der Waals surface area contributed by atoms with Gasteiger partial charge in [0.25, 0.3) is 0 Å². The van der Waals surface area contributed by atoms with Gasteiger partial charge in [0.15, 0.2) is 0 Å². The predicted octanol–water partition coefficient (Wildman–Crippen LogP) is 0.500. The van der Waals surface area contributed by atoms with Crippen LogP contribution in [-0.4, -0.2) is 62.9 Å². The van der Waals surface area contributed by atoms with Gasteiger partial charge in [0, 0.05) is 12.6 Å². The molecule has 1 unspecified atom stereocenters. The lowest BCUT2D eigenvalue weighted by molar-refractivity contribution is 0.160. The molecule has 1 aliphatic heterocycles. The average Bonchev–Trinajstić information content (AvgIpc) is 2.69. The van der Waals surface area contributed by atoms with E-state index < -0.39 is 16.1 Å². The van der Waals surface area contributed by atoms with Crippen molar-refractivity contribution in [3.8, 4) is 0 Å². The van der Waals surface area contributed by atoms with Crippen molar-refractivity contribution in [1.29, 1.82) is 0 Å². The van der Waals surface area contributed by atoms with E-state index in [1.165, 1.54) is 4.90 Å². The monoisotopic (exact) mass is 296 g/mol. The quantitative estimate of drug-likeness (QED) is 0.706. The first-order valence-corrected chi connectivity index (χ1v) is 8.90. The molecule has 0 bridgehead atoms.